The van der Waals surface area contributed by atoms with Crippen molar-refractivity contribution in [3.05, 3.63) is 17.9 Å². The van der Waals surface area contributed by atoms with Crippen molar-refractivity contribution in [1.29, 1.82) is 0 Å². The van der Waals surface area contributed by atoms with Gasteiger partial charge in [0.05, 0.1) is 6.54 Å². The zero-order chi connectivity index (χ0) is 10.8. The molecule has 0 fully saturated rings. The summed E-state index contributed by atoms with van der Waals surface area (Å²) in [6.45, 7) is 0.356. The summed E-state index contributed by atoms with van der Waals surface area (Å²) in [4.78, 5) is 5.89. The summed E-state index contributed by atoms with van der Waals surface area (Å²) in [5, 5.41) is 3.78. The molecule has 0 aliphatic carbocycles. The van der Waals surface area contributed by atoms with Gasteiger partial charge in [0, 0.05) is 14.1 Å². The topological polar surface area (TPSA) is 81.3 Å². The molecule has 0 aromatic carbocycles. The van der Waals surface area contributed by atoms with Gasteiger partial charge >= 0.3 is 0 Å². The predicted octanol–water partition coefficient (Wildman–Crippen LogP) is 0.854. The monoisotopic (exact) mass is 208 g/mol. The second kappa shape index (κ2) is 3.74. The standard InChI is InChI=1S/C9H12N4O2/c1-13(2)9-11-8(15-12-9)7-4-3-6(5-10)14-7/h3-4H,5,10H2,1-2H3. The molecule has 2 aromatic heterocycles. The van der Waals surface area contributed by atoms with Crippen molar-refractivity contribution in [3.8, 4) is 11.7 Å². The minimum atomic E-state index is 0.356. The maximum Gasteiger partial charge on any atom is 0.295 e. The van der Waals surface area contributed by atoms with Crippen LogP contribution in [0, 0.1) is 0 Å². The number of anilines is 1. The Kier molecular flexibility index (Phi) is 2.42. The van der Waals surface area contributed by atoms with Gasteiger partial charge in [-0.05, 0) is 17.3 Å². The smallest absolute Gasteiger partial charge is 0.295 e. The second-order valence-corrected chi connectivity index (χ2v) is 3.26. The van der Waals surface area contributed by atoms with Gasteiger partial charge in [0.1, 0.15) is 5.76 Å². The zero-order valence-corrected chi connectivity index (χ0v) is 8.60. The van der Waals surface area contributed by atoms with Crippen molar-refractivity contribution < 1.29 is 8.94 Å². The maximum atomic E-state index is 5.43. The van der Waals surface area contributed by atoms with Crippen LogP contribution in [0.3, 0.4) is 0 Å². The van der Waals surface area contributed by atoms with Crippen LogP contribution in [0.25, 0.3) is 11.7 Å². The number of hydrogen-bond acceptors (Lipinski definition) is 6. The third kappa shape index (κ3) is 1.84. The van der Waals surface area contributed by atoms with Crippen molar-refractivity contribution in [1.82, 2.24) is 10.1 Å². The summed E-state index contributed by atoms with van der Waals surface area (Å²) in [5.74, 6) is 2.10. The van der Waals surface area contributed by atoms with Crippen LogP contribution in [0.2, 0.25) is 0 Å². The molecule has 0 saturated heterocycles. The molecule has 0 saturated carbocycles. The predicted molar refractivity (Wildman–Crippen MR) is 54.2 cm³/mol. The lowest BCUT2D eigenvalue weighted by molar-refractivity contribution is 0.411. The van der Waals surface area contributed by atoms with Crippen molar-refractivity contribution in [2.45, 2.75) is 6.54 Å². The Morgan fingerprint density at radius 2 is 2.20 bits per heavy atom. The molecule has 0 aliphatic rings. The SMILES string of the molecule is CN(C)c1noc(-c2ccc(CN)o2)n1. The van der Waals surface area contributed by atoms with Gasteiger partial charge in [0.2, 0.25) is 0 Å². The number of aromatic nitrogens is 2. The molecule has 2 aromatic rings. The summed E-state index contributed by atoms with van der Waals surface area (Å²) in [6, 6.07) is 3.55. The van der Waals surface area contributed by atoms with Gasteiger partial charge in [-0.15, -0.1) is 0 Å². The van der Waals surface area contributed by atoms with E-state index in [1.54, 1.807) is 17.0 Å². The van der Waals surface area contributed by atoms with E-state index in [4.69, 9.17) is 14.7 Å². The molecule has 0 atom stereocenters. The molecular weight excluding hydrogens is 196 g/mol. The number of furan rings is 1. The van der Waals surface area contributed by atoms with Crippen LogP contribution in [0.15, 0.2) is 21.1 Å². The van der Waals surface area contributed by atoms with E-state index in [0.29, 0.717) is 29.9 Å². The molecule has 15 heavy (non-hydrogen) atoms. The van der Waals surface area contributed by atoms with Crippen LogP contribution in [0.4, 0.5) is 5.95 Å². The molecule has 80 valence electrons. The summed E-state index contributed by atoms with van der Waals surface area (Å²) >= 11 is 0. The molecule has 2 rings (SSSR count). The molecular formula is C9H12N4O2. The van der Waals surface area contributed by atoms with E-state index in [2.05, 4.69) is 10.1 Å². The van der Waals surface area contributed by atoms with Crippen LogP contribution < -0.4 is 10.6 Å². The molecule has 0 radical (unpaired) electrons. The Morgan fingerprint density at radius 1 is 1.40 bits per heavy atom. The number of nitrogens with zero attached hydrogens (tertiary/aromatic N) is 3. The largest absolute Gasteiger partial charge is 0.455 e. The van der Waals surface area contributed by atoms with E-state index in [0.717, 1.165) is 0 Å². The third-order valence-electron chi connectivity index (χ3n) is 1.89. The van der Waals surface area contributed by atoms with Crippen LogP contribution in [0.1, 0.15) is 5.76 Å². The molecule has 2 heterocycles. The molecule has 0 spiro atoms. The van der Waals surface area contributed by atoms with Crippen molar-refractivity contribution in [2.24, 2.45) is 5.73 Å². The Morgan fingerprint density at radius 3 is 2.73 bits per heavy atom. The molecule has 2 N–H and O–H groups in total. The highest BCUT2D eigenvalue weighted by Gasteiger charge is 2.13. The molecule has 0 unspecified atom stereocenters. The maximum absolute atomic E-state index is 5.43. The fraction of sp³-hybridized carbons (Fsp3) is 0.333. The zero-order valence-electron chi connectivity index (χ0n) is 8.60. The molecule has 6 nitrogen and oxygen atoms in total. The minimum Gasteiger partial charge on any atom is -0.455 e. The first-order valence-corrected chi connectivity index (χ1v) is 4.51. The molecule has 6 heteroatoms. The van der Waals surface area contributed by atoms with Crippen LogP contribution >= 0.6 is 0 Å². The molecule has 0 aliphatic heterocycles. The highest BCUT2D eigenvalue weighted by molar-refractivity contribution is 5.46. The fourth-order valence-electron chi connectivity index (χ4n) is 1.10. The highest BCUT2D eigenvalue weighted by Crippen LogP contribution is 2.21. The second-order valence-electron chi connectivity index (χ2n) is 3.26. The van der Waals surface area contributed by atoms with Crippen molar-refractivity contribution >= 4 is 5.95 Å². The van der Waals surface area contributed by atoms with Crippen molar-refractivity contribution in [2.75, 3.05) is 19.0 Å². The van der Waals surface area contributed by atoms with E-state index in [9.17, 15) is 0 Å². The quantitative estimate of drug-likeness (QED) is 0.805. The van der Waals surface area contributed by atoms with E-state index >= 15 is 0 Å². The Balaban J connectivity index is 2.28. The average molecular weight is 208 g/mol. The summed E-state index contributed by atoms with van der Waals surface area (Å²) in [5.41, 5.74) is 5.43. The number of nitrogens with two attached hydrogens (primary N) is 1. The molecule has 0 bridgehead atoms. The summed E-state index contributed by atoms with van der Waals surface area (Å²) in [7, 11) is 3.67. The van der Waals surface area contributed by atoms with Gasteiger partial charge in [-0.1, -0.05) is 0 Å². The van der Waals surface area contributed by atoms with Crippen LogP contribution in [-0.2, 0) is 6.54 Å². The van der Waals surface area contributed by atoms with E-state index in [1.165, 1.54) is 0 Å². The van der Waals surface area contributed by atoms with Gasteiger partial charge in [-0.2, -0.15) is 4.98 Å². The van der Waals surface area contributed by atoms with Gasteiger partial charge in [0.25, 0.3) is 11.8 Å². The highest BCUT2D eigenvalue weighted by atomic mass is 16.5. The first-order valence-electron chi connectivity index (χ1n) is 4.51. The molecule has 0 amide bonds. The van der Waals surface area contributed by atoms with Crippen molar-refractivity contribution in [3.63, 3.8) is 0 Å². The van der Waals surface area contributed by atoms with E-state index in [-0.39, 0.29) is 0 Å². The first-order chi connectivity index (χ1) is 7.20. The van der Waals surface area contributed by atoms with Gasteiger partial charge in [-0.25, -0.2) is 0 Å². The number of hydrogen-bond donors (Lipinski definition) is 1. The Labute approximate surface area is 86.7 Å². The van der Waals surface area contributed by atoms with Crippen LogP contribution in [0.5, 0.6) is 0 Å². The Hall–Kier alpha value is -1.82. The first kappa shape index (κ1) is 9.72. The van der Waals surface area contributed by atoms with E-state index in [1.807, 2.05) is 14.1 Å². The van der Waals surface area contributed by atoms with Gasteiger partial charge < -0.3 is 19.6 Å². The van der Waals surface area contributed by atoms with E-state index < -0.39 is 0 Å². The average Bonchev–Trinajstić information content (AvgIpc) is 2.86. The normalized spacial score (nSPS) is 10.6. The third-order valence-corrected chi connectivity index (χ3v) is 1.89. The van der Waals surface area contributed by atoms with Gasteiger partial charge in [-0.3, -0.25) is 0 Å². The minimum absolute atomic E-state index is 0.356. The van der Waals surface area contributed by atoms with Crippen LogP contribution in [-0.4, -0.2) is 24.2 Å². The fourth-order valence-corrected chi connectivity index (χ4v) is 1.10. The lowest BCUT2D eigenvalue weighted by atomic mass is 10.4. The lowest BCUT2D eigenvalue weighted by Crippen LogP contribution is -2.09. The number of rotatable bonds is 3. The summed E-state index contributed by atoms with van der Waals surface area (Å²) < 4.78 is 10.4. The Bertz CT molecular complexity index is 446. The summed E-state index contributed by atoms with van der Waals surface area (Å²) in [6.07, 6.45) is 0. The lowest BCUT2D eigenvalue weighted by Gasteiger charge is -2.01. The van der Waals surface area contributed by atoms with Gasteiger partial charge in [0.15, 0.2) is 5.76 Å².